The Hall–Kier alpha value is -3.33. The summed E-state index contributed by atoms with van der Waals surface area (Å²) in [6, 6.07) is 5.47. The topological polar surface area (TPSA) is 84.3 Å². The number of benzene rings is 1. The first kappa shape index (κ1) is 20.0. The highest BCUT2D eigenvalue weighted by Gasteiger charge is 2.27. The van der Waals surface area contributed by atoms with Gasteiger partial charge in [0.2, 0.25) is 5.91 Å². The molecule has 1 aromatic carbocycles. The fourth-order valence-electron chi connectivity index (χ4n) is 3.54. The first-order chi connectivity index (χ1) is 14.4. The molecular formula is C21H19FN4O3S. The van der Waals surface area contributed by atoms with Gasteiger partial charge >= 0.3 is 0 Å². The number of rotatable bonds is 4. The average Bonchev–Trinajstić information content (AvgIpc) is 3.25. The number of halogens is 1. The number of nitrogens with one attached hydrogen (secondary N) is 1. The van der Waals surface area contributed by atoms with E-state index in [4.69, 9.17) is 0 Å². The molecule has 3 heterocycles. The van der Waals surface area contributed by atoms with Crippen molar-refractivity contribution in [2.45, 2.75) is 26.4 Å². The van der Waals surface area contributed by atoms with Gasteiger partial charge in [-0.15, -0.1) is 11.3 Å². The van der Waals surface area contributed by atoms with E-state index in [2.05, 4.69) is 10.3 Å². The van der Waals surface area contributed by atoms with Crippen molar-refractivity contribution >= 4 is 23.2 Å². The summed E-state index contributed by atoms with van der Waals surface area (Å²) in [6.07, 6.45) is 3.71. The second kappa shape index (κ2) is 8.19. The van der Waals surface area contributed by atoms with Crippen LogP contribution < -0.4 is 10.9 Å². The minimum Gasteiger partial charge on any atom is -0.347 e. The minimum atomic E-state index is -0.475. The first-order valence-electron chi connectivity index (χ1n) is 9.38. The number of thiazole rings is 1. The van der Waals surface area contributed by atoms with Crippen LogP contribution in [0, 0.1) is 5.82 Å². The van der Waals surface area contributed by atoms with Gasteiger partial charge in [0.1, 0.15) is 11.4 Å². The molecule has 3 aromatic rings. The SMILES string of the molecule is CC(=O)N1CCc2c(cn(-c3ccc(F)cc3)c(=O)c2C(=O)NCc2cncs2)C1. The molecule has 0 saturated carbocycles. The monoisotopic (exact) mass is 426 g/mol. The number of carbonyl (C=O) groups is 2. The van der Waals surface area contributed by atoms with E-state index in [0.29, 0.717) is 30.8 Å². The molecule has 7 nitrogen and oxygen atoms in total. The molecule has 1 aliphatic rings. The van der Waals surface area contributed by atoms with Gasteiger partial charge in [0.05, 0.1) is 12.1 Å². The van der Waals surface area contributed by atoms with Crippen LogP contribution in [0.15, 0.2) is 47.0 Å². The Labute approximate surface area is 175 Å². The zero-order valence-electron chi connectivity index (χ0n) is 16.2. The van der Waals surface area contributed by atoms with E-state index in [-0.39, 0.29) is 18.0 Å². The Bertz CT molecular complexity index is 1160. The van der Waals surface area contributed by atoms with Gasteiger partial charge in [0, 0.05) is 43.0 Å². The van der Waals surface area contributed by atoms with Gasteiger partial charge in [-0.2, -0.15) is 0 Å². The predicted octanol–water partition coefficient (Wildman–Crippen LogP) is 2.27. The molecule has 0 radical (unpaired) electrons. The molecule has 2 amide bonds. The Morgan fingerprint density at radius 2 is 2.03 bits per heavy atom. The van der Waals surface area contributed by atoms with Gasteiger partial charge in [0.15, 0.2) is 0 Å². The van der Waals surface area contributed by atoms with E-state index >= 15 is 0 Å². The van der Waals surface area contributed by atoms with Crippen molar-refractivity contribution in [2.75, 3.05) is 6.54 Å². The van der Waals surface area contributed by atoms with Crippen LogP contribution in [0.25, 0.3) is 5.69 Å². The van der Waals surface area contributed by atoms with E-state index in [0.717, 1.165) is 10.4 Å². The Balaban J connectivity index is 1.78. The zero-order valence-corrected chi connectivity index (χ0v) is 17.0. The second-order valence-corrected chi connectivity index (χ2v) is 7.97. The summed E-state index contributed by atoms with van der Waals surface area (Å²) >= 11 is 1.41. The quantitative estimate of drug-likeness (QED) is 0.694. The Kier molecular flexibility index (Phi) is 5.45. The molecule has 1 N–H and O–H groups in total. The highest BCUT2D eigenvalue weighted by Crippen LogP contribution is 2.22. The summed E-state index contributed by atoms with van der Waals surface area (Å²) in [4.78, 5) is 44.6. The van der Waals surface area contributed by atoms with E-state index in [1.54, 1.807) is 22.8 Å². The number of hydrogen-bond acceptors (Lipinski definition) is 5. The van der Waals surface area contributed by atoms with E-state index < -0.39 is 17.3 Å². The number of nitrogens with zero attached hydrogens (tertiary/aromatic N) is 3. The van der Waals surface area contributed by atoms with Gasteiger partial charge < -0.3 is 10.2 Å². The molecule has 9 heteroatoms. The molecule has 0 fully saturated rings. The summed E-state index contributed by atoms with van der Waals surface area (Å²) in [6.45, 7) is 2.51. The fourth-order valence-corrected chi connectivity index (χ4v) is 4.07. The van der Waals surface area contributed by atoms with Gasteiger partial charge in [-0.25, -0.2) is 4.39 Å². The van der Waals surface area contributed by atoms with Crippen LogP contribution in [0.2, 0.25) is 0 Å². The number of carbonyl (C=O) groups excluding carboxylic acids is 2. The largest absolute Gasteiger partial charge is 0.347 e. The zero-order chi connectivity index (χ0) is 21.3. The first-order valence-corrected chi connectivity index (χ1v) is 10.3. The third-order valence-corrected chi connectivity index (χ3v) is 5.86. The number of pyridine rings is 1. The van der Waals surface area contributed by atoms with Crippen LogP contribution in [0.4, 0.5) is 4.39 Å². The number of amides is 2. The molecule has 0 aliphatic carbocycles. The van der Waals surface area contributed by atoms with Crippen molar-refractivity contribution in [3.8, 4) is 5.69 Å². The summed E-state index contributed by atoms with van der Waals surface area (Å²) < 4.78 is 14.7. The van der Waals surface area contributed by atoms with Crippen LogP contribution >= 0.6 is 11.3 Å². The molecule has 154 valence electrons. The van der Waals surface area contributed by atoms with Crippen molar-refractivity contribution < 1.29 is 14.0 Å². The summed E-state index contributed by atoms with van der Waals surface area (Å²) in [5.41, 5.74) is 3.08. The summed E-state index contributed by atoms with van der Waals surface area (Å²) in [7, 11) is 0. The molecular weight excluding hydrogens is 407 g/mol. The van der Waals surface area contributed by atoms with Crippen molar-refractivity contribution in [3.63, 3.8) is 0 Å². The maximum atomic E-state index is 13.4. The standard InChI is InChI=1S/C21H19FN4O3S/c1-13(27)25-7-6-18-14(10-25)11-26(16-4-2-15(22)3-5-16)21(29)19(18)20(28)24-9-17-8-23-12-30-17/h2-5,8,11-12H,6-7,9-10H2,1H3,(H,24,28). The van der Waals surface area contributed by atoms with Gasteiger partial charge in [0.25, 0.3) is 11.5 Å². The summed E-state index contributed by atoms with van der Waals surface area (Å²) in [5.74, 6) is -0.969. The van der Waals surface area contributed by atoms with Gasteiger partial charge in [-0.3, -0.25) is 23.9 Å². The molecule has 4 rings (SSSR count). The van der Waals surface area contributed by atoms with E-state index in [1.807, 2.05) is 0 Å². The molecule has 2 aromatic heterocycles. The normalized spacial score (nSPS) is 13.1. The number of aromatic nitrogens is 2. The number of hydrogen-bond donors (Lipinski definition) is 1. The molecule has 1 aliphatic heterocycles. The molecule has 0 bridgehead atoms. The third-order valence-electron chi connectivity index (χ3n) is 5.08. The smallest absolute Gasteiger partial charge is 0.268 e. The van der Waals surface area contributed by atoms with Crippen LogP contribution in [0.3, 0.4) is 0 Å². The minimum absolute atomic E-state index is 0.0598. The van der Waals surface area contributed by atoms with Crippen molar-refractivity contribution in [2.24, 2.45) is 0 Å². The van der Waals surface area contributed by atoms with Crippen LogP contribution in [0.1, 0.15) is 33.3 Å². The molecule has 30 heavy (non-hydrogen) atoms. The predicted molar refractivity (Wildman–Crippen MR) is 110 cm³/mol. The average molecular weight is 426 g/mol. The number of fused-ring (bicyclic) bond motifs is 1. The lowest BCUT2D eigenvalue weighted by molar-refractivity contribution is -0.129. The summed E-state index contributed by atoms with van der Waals surface area (Å²) in [5, 5.41) is 2.79. The lowest BCUT2D eigenvalue weighted by Gasteiger charge is -2.29. The Morgan fingerprint density at radius 1 is 1.27 bits per heavy atom. The molecule has 0 saturated heterocycles. The fraction of sp³-hybridized carbons (Fsp3) is 0.238. The van der Waals surface area contributed by atoms with E-state index in [1.165, 1.54) is 47.1 Å². The third kappa shape index (κ3) is 3.88. The molecule has 0 unspecified atom stereocenters. The highest BCUT2D eigenvalue weighted by molar-refractivity contribution is 7.09. The van der Waals surface area contributed by atoms with Crippen molar-refractivity contribution in [1.82, 2.24) is 19.8 Å². The highest BCUT2D eigenvalue weighted by atomic mass is 32.1. The van der Waals surface area contributed by atoms with Crippen molar-refractivity contribution in [1.29, 1.82) is 0 Å². The maximum Gasteiger partial charge on any atom is 0.268 e. The van der Waals surface area contributed by atoms with Gasteiger partial charge in [-0.1, -0.05) is 0 Å². The maximum absolute atomic E-state index is 13.4. The van der Waals surface area contributed by atoms with Crippen LogP contribution in [-0.2, 0) is 24.3 Å². The molecule has 0 spiro atoms. The second-order valence-electron chi connectivity index (χ2n) is 7.00. The Morgan fingerprint density at radius 3 is 2.70 bits per heavy atom. The van der Waals surface area contributed by atoms with Crippen LogP contribution in [-0.4, -0.2) is 32.8 Å². The van der Waals surface area contributed by atoms with E-state index in [9.17, 15) is 18.8 Å². The van der Waals surface area contributed by atoms with Crippen LogP contribution in [0.5, 0.6) is 0 Å². The molecule has 0 atom stereocenters. The van der Waals surface area contributed by atoms with Crippen molar-refractivity contribution in [3.05, 3.63) is 79.9 Å². The van der Waals surface area contributed by atoms with Gasteiger partial charge in [-0.05, 0) is 41.8 Å². The lowest BCUT2D eigenvalue weighted by atomic mass is 9.95. The lowest BCUT2D eigenvalue weighted by Crippen LogP contribution is -2.40.